The zero-order valence-electron chi connectivity index (χ0n) is 14.9. The fourth-order valence-electron chi connectivity index (χ4n) is 2.86. The molecule has 7 nitrogen and oxygen atoms in total. The maximum absolute atomic E-state index is 12.5. The number of hydrogen-bond donors (Lipinski definition) is 3. The number of hydrogen-bond acceptors (Lipinski definition) is 5. The summed E-state index contributed by atoms with van der Waals surface area (Å²) in [6.07, 6.45) is 4.02. The van der Waals surface area contributed by atoms with E-state index < -0.39 is 0 Å². The Morgan fingerprint density at radius 3 is 2.65 bits per heavy atom. The van der Waals surface area contributed by atoms with Crippen molar-refractivity contribution in [1.29, 1.82) is 0 Å². The van der Waals surface area contributed by atoms with E-state index in [-0.39, 0.29) is 24.0 Å². The van der Waals surface area contributed by atoms with Gasteiger partial charge in [-0.3, -0.25) is 14.6 Å². The first-order valence-electron chi connectivity index (χ1n) is 8.66. The number of hydrazine groups is 1. The summed E-state index contributed by atoms with van der Waals surface area (Å²) in [5.74, 6) is -0.311. The van der Waals surface area contributed by atoms with E-state index in [4.69, 9.17) is 0 Å². The fourth-order valence-corrected chi connectivity index (χ4v) is 2.86. The lowest BCUT2D eigenvalue weighted by atomic mass is 10.1. The zero-order valence-corrected chi connectivity index (χ0v) is 14.9. The average Bonchev–Trinajstić information content (AvgIpc) is 3.16. The molecular formula is C19H23N5O2. The summed E-state index contributed by atoms with van der Waals surface area (Å²) in [7, 11) is 1.74. The highest BCUT2D eigenvalue weighted by molar-refractivity contribution is 5.99. The molecule has 1 aromatic heterocycles. The van der Waals surface area contributed by atoms with Gasteiger partial charge in [-0.1, -0.05) is 6.07 Å². The average molecular weight is 353 g/mol. The Morgan fingerprint density at radius 1 is 1.19 bits per heavy atom. The first-order valence-corrected chi connectivity index (χ1v) is 8.66. The minimum absolute atomic E-state index is 0.0967. The van der Waals surface area contributed by atoms with Crippen molar-refractivity contribution < 1.29 is 9.59 Å². The Balaban J connectivity index is 1.63. The van der Waals surface area contributed by atoms with Gasteiger partial charge in [0.25, 0.3) is 11.8 Å². The van der Waals surface area contributed by atoms with Gasteiger partial charge in [0.15, 0.2) is 0 Å². The Hall–Kier alpha value is -2.77. The van der Waals surface area contributed by atoms with Gasteiger partial charge in [-0.05, 0) is 42.8 Å². The second-order valence-corrected chi connectivity index (χ2v) is 6.28. The van der Waals surface area contributed by atoms with Gasteiger partial charge >= 0.3 is 0 Å². The van der Waals surface area contributed by atoms with Crippen molar-refractivity contribution in [3.05, 3.63) is 65.5 Å². The molecular weight excluding hydrogens is 330 g/mol. The highest BCUT2D eigenvalue weighted by Crippen LogP contribution is 2.20. The van der Waals surface area contributed by atoms with Gasteiger partial charge in [-0.2, -0.15) is 0 Å². The fraction of sp³-hybridized carbons (Fsp3) is 0.316. The van der Waals surface area contributed by atoms with Crippen molar-refractivity contribution in [2.75, 3.05) is 13.6 Å². The van der Waals surface area contributed by atoms with E-state index >= 15 is 0 Å². The largest absolute Gasteiger partial charge is 0.342 e. The molecule has 1 saturated heterocycles. The Labute approximate surface area is 152 Å². The quantitative estimate of drug-likeness (QED) is 0.758. The van der Waals surface area contributed by atoms with Gasteiger partial charge in [0.1, 0.15) is 0 Å². The zero-order chi connectivity index (χ0) is 18.5. The van der Waals surface area contributed by atoms with Crippen molar-refractivity contribution >= 4 is 11.8 Å². The predicted octanol–water partition coefficient (Wildman–Crippen LogP) is 1.47. The molecule has 3 N–H and O–H groups in total. The number of carbonyl (C=O) groups is 2. The lowest BCUT2D eigenvalue weighted by Gasteiger charge is -2.16. The van der Waals surface area contributed by atoms with Crippen LogP contribution in [0, 0.1) is 0 Å². The molecule has 1 aromatic carbocycles. The molecule has 0 saturated carbocycles. The van der Waals surface area contributed by atoms with E-state index in [1.165, 1.54) is 0 Å². The van der Waals surface area contributed by atoms with Crippen molar-refractivity contribution in [2.24, 2.45) is 0 Å². The van der Waals surface area contributed by atoms with Gasteiger partial charge in [0.05, 0.1) is 6.17 Å². The first-order chi connectivity index (χ1) is 12.6. The lowest BCUT2D eigenvalue weighted by Crippen LogP contribution is -2.44. The van der Waals surface area contributed by atoms with Crippen LogP contribution >= 0.6 is 0 Å². The van der Waals surface area contributed by atoms with Crippen LogP contribution in [0.1, 0.15) is 45.7 Å². The molecule has 3 rings (SSSR count). The van der Waals surface area contributed by atoms with Crippen LogP contribution in [-0.4, -0.2) is 41.5 Å². The Morgan fingerprint density at radius 2 is 1.92 bits per heavy atom. The molecule has 2 unspecified atom stereocenters. The van der Waals surface area contributed by atoms with Crippen LogP contribution in [-0.2, 0) is 0 Å². The standard InChI is InChI=1S/C19H23N5O2/c1-3-24(2)19(26)15-6-4-5-14(11-15)18(25)21-17-12-16(22-23-17)13-7-9-20-10-8-13/h4-11,16-17,22-23H,3,12H2,1-2H3,(H,21,25). The third kappa shape index (κ3) is 4.07. The van der Waals surface area contributed by atoms with Crippen LogP contribution in [0.25, 0.3) is 0 Å². The van der Waals surface area contributed by atoms with Crippen LogP contribution in [0.2, 0.25) is 0 Å². The smallest absolute Gasteiger partial charge is 0.253 e. The molecule has 0 radical (unpaired) electrons. The summed E-state index contributed by atoms with van der Waals surface area (Å²) in [4.78, 5) is 30.4. The summed E-state index contributed by atoms with van der Waals surface area (Å²) in [6.45, 7) is 2.52. The molecule has 1 aliphatic heterocycles. The van der Waals surface area contributed by atoms with E-state index in [1.807, 2.05) is 19.1 Å². The van der Waals surface area contributed by atoms with Gasteiger partial charge < -0.3 is 10.2 Å². The molecule has 0 spiro atoms. The molecule has 7 heteroatoms. The van der Waals surface area contributed by atoms with E-state index in [1.54, 1.807) is 48.6 Å². The summed E-state index contributed by atoms with van der Waals surface area (Å²) in [6, 6.07) is 10.8. The van der Waals surface area contributed by atoms with E-state index in [9.17, 15) is 9.59 Å². The van der Waals surface area contributed by atoms with E-state index in [0.717, 1.165) is 5.56 Å². The Bertz CT molecular complexity index is 781. The highest BCUT2D eigenvalue weighted by Gasteiger charge is 2.26. The minimum atomic E-state index is -0.214. The third-order valence-electron chi connectivity index (χ3n) is 4.51. The van der Waals surface area contributed by atoms with Crippen LogP contribution in [0.3, 0.4) is 0 Å². The van der Waals surface area contributed by atoms with Crippen LogP contribution in [0.5, 0.6) is 0 Å². The molecule has 2 atom stereocenters. The minimum Gasteiger partial charge on any atom is -0.342 e. The Kier molecular flexibility index (Phi) is 5.60. The van der Waals surface area contributed by atoms with Crippen molar-refractivity contribution in [2.45, 2.75) is 25.6 Å². The third-order valence-corrected chi connectivity index (χ3v) is 4.51. The molecule has 136 valence electrons. The summed E-state index contributed by atoms with van der Waals surface area (Å²) >= 11 is 0. The number of nitrogens with zero attached hydrogens (tertiary/aromatic N) is 2. The summed E-state index contributed by atoms with van der Waals surface area (Å²) in [5, 5.41) is 2.95. The maximum Gasteiger partial charge on any atom is 0.253 e. The molecule has 2 aromatic rings. The first kappa shape index (κ1) is 18.0. The highest BCUT2D eigenvalue weighted by atomic mass is 16.2. The van der Waals surface area contributed by atoms with Gasteiger partial charge in [-0.25, -0.2) is 10.9 Å². The molecule has 1 fully saturated rings. The van der Waals surface area contributed by atoms with Gasteiger partial charge in [0, 0.05) is 49.6 Å². The number of pyridine rings is 1. The molecule has 1 aliphatic rings. The van der Waals surface area contributed by atoms with Crippen LogP contribution < -0.4 is 16.2 Å². The molecule has 26 heavy (non-hydrogen) atoms. The maximum atomic E-state index is 12.5. The summed E-state index contributed by atoms with van der Waals surface area (Å²) < 4.78 is 0. The normalized spacial score (nSPS) is 19.2. The molecule has 2 heterocycles. The summed E-state index contributed by atoms with van der Waals surface area (Å²) in [5.41, 5.74) is 8.36. The van der Waals surface area contributed by atoms with Crippen LogP contribution in [0.15, 0.2) is 48.8 Å². The topological polar surface area (TPSA) is 86.4 Å². The number of rotatable bonds is 5. The van der Waals surface area contributed by atoms with E-state index in [2.05, 4.69) is 21.2 Å². The lowest BCUT2D eigenvalue weighted by molar-refractivity contribution is 0.0802. The molecule has 0 aliphatic carbocycles. The van der Waals surface area contributed by atoms with Crippen LogP contribution in [0.4, 0.5) is 0 Å². The SMILES string of the molecule is CCN(C)C(=O)c1cccc(C(=O)NC2CC(c3ccncc3)NN2)c1. The van der Waals surface area contributed by atoms with Crippen molar-refractivity contribution in [3.63, 3.8) is 0 Å². The number of nitrogens with one attached hydrogen (secondary N) is 3. The van der Waals surface area contributed by atoms with Gasteiger partial charge in [-0.15, -0.1) is 0 Å². The molecule has 2 amide bonds. The monoisotopic (exact) mass is 353 g/mol. The number of benzene rings is 1. The molecule has 0 bridgehead atoms. The predicted molar refractivity (Wildman–Crippen MR) is 98.2 cm³/mol. The number of carbonyl (C=O) groups excluding carboxylic acids is 2. The second kappa shape index (κ2) is 8.07. The van der Waals surface area contributed by atoms with Crippen molar-refractivity contribution in [3.8, 4) is 0 Å². The second-order valence-electron chi connectivity index (χ2n) is 6.28. The van der Waals surface area contributed by atoms with Crippen molar-refractivity contribution in [1.82, 2.24) is 26.1 Å². The van der Waals surface area contributed by atoms with E-state index in [0.29, 0.717) is 24.1 Å². The number of aromatic nitrogens is 1. The number of amides is 2. The van der Waals surface area contributed by atoms with Gasteiger partial charge in [0.2, 0.25) is 0 Å².